The van der Waals surface area contributed by atoms with Crippen LogP contribution in [0.15, 0.2) is 40.9 Å². The molecule has 0 unspecified atom stereocenters. The summed E-state index contributed by atoms with van der Waals surface area (Å²) in [5.41, 5.74) is 1.69. The molecule has 2 aromatic carbocycles. The van der Waals surface area contributed by atoms with Crippen molar-refractivity contribution in [2.24, 2.45) is 0 Å². The van der Waals surface area contributed by atoms with Crippen LogP contribution in [0.5, 0.6) is 11.5 Å². The molecule has 18 heavy (non-hydrogen) atoms. The average Bonchev–Trinajstić information content (AvgIpc) is 2.36. The van der Waals surface area contributed by atoms with Gasteiger partial charge in [0, 0.05) is 15.1 Å². The Balaban J connectivity index is 2.36. The molecule has 0 atom stereocenters. The Morgan fingerprint density at radius 2 is 1.94 bits per heavy atom. The summed E-state index contributed by atoms with van der Waals surface area (Å²) in [6, 6.07) is 11.0. The van der Waals surface area contributed by atoms with Crippen LogP contribution in [0.1, 0.15) is 11.1 Å². The van der Waals surface area contributed by atoms with Gasteiger partial charge in [-0.1, -0.05) is 33.6 Å². The van der Waals surface area contributed by atoms with Gasteiger partial charge in [0.15, 0.2) is 0 Å². The molecular weight excluding hydrogens is 316 g/mol. The molecule has 0 amide bonds. The molecule has 0 fully saturated rings. The number of aliphatic hydroxyl groups is 1. The molecule has 0 aromatic heterocycles. The van der Waals surface area contributed by atoms with Crippen molar-refractivity contribution in [2.45, 2.75) is 13.5 Å². The van der Waals surface area contributed by atoms with Crippen molar-refractivity contribution >= 4 is 27.5 Å². The van der Waals surface area contributed by atoms with Gasteiger partial charge in [-0.25, -0.2) is 0 Å². The molecule has 2 nitrogen and oxygen atoms in total. The van der Waals surface area contributed by atoms with Crippen molar-refractivity contribution in [1.29, 1.82) is 0 Å². The van der Waals surface area contributed by atoms with Gasteiger partial charge >= 0.3 is 0 Å². The molecule has 4 heteroatoms. The summed E-state index contributed by atoms with van der Waals surface area (Å²) in [5, 5.41) is 9.88. The average molecular weight is 328 g/mol. The van der Waals surface area contributed by atoms with Gasteiger partial charge in [-0.05, 0) is 42.8 Å². The van der Waals surface area contributed by atoms with Crippen LogP contribution in [0, 0.1) is 6.92 Å². The second-order valence-corrected chi connectivity index (χ2v) is 5.27. The number of ether oxygens (including phenoxy) is 1. The molecule has 0 aliphatic rings. The quantitative estimate of drug-likeness (QED) is 0.885. The molecule has 0 heterocycles. The summed E-state index contributed by atoms with van der Waals surface area (Å²) >= 11 is 9.29. The summed E-state index contributed by atoms with van der Waals surface area (Å²) in [6.07, 6.45) is 0. The van der Waals surface area contributed by atoms with Gasteiger partial charge in [0.25, 0.3) is 0 Å². The Hall–Kier alpha value is -1.03. The third-order valence-corrected chi connectivity index (χ3v) is 3.29. The lowest BCUT2D eigenvalue weighted by molar-refractivity contribution is 0.276. The topological polar surface area (TPSA) is 29.5 Å². The van der Waals surface area contributed by atoms with Crippen molar-refractivity contribution in [3.63, 3.8) is 0 Å². The Morgan fingerprint density at radius 3 is 2.67 bits per heavy atom. The minimum atomic E-state index is -0.108. The standard InChI is InChI=1S/C14H12BrClO2/c1-9-2-3-11(15)7-14(9)18-13-5-4-12(16)6-10(13)8-17/h2-7,17H,8H2,1H3. The normalized spacial score (nSPS) is 10.4. The molecule has 0 aliphatic carbocycles. The highest BCUT2D eigenvalue weighted by atomic mass is 79.9. The fourth-order valence-corrected chi connectivity index (χ4v) is 2.11. The number of benzene rings is 2. The number of aliphatic hydroxyl groups excluding tert-OH is 1. The predicted molar refractivity (Wildman–Crippen MR) is 76.3 cm³/mol. The van der Waals surface area contributed by atoms with Gasteiger partial charge in [0.2, 0.25) is 0 Å². The number of hydrogen-bond donors (Lipinski definition) is 1. The highest BCUT2D eigenvalue weighted by molar-refractivity contribution is 9.10. The molecule has 0 aliphatic heterocycles. The van der Waals surface area contributed by atoms with E-state index in [-0.39, 0.29) is 6.61 Å². The minimum absolute atomic E-state index is 0.108. The van der Waals surface area contributed by atoms with Crippen molar-refractivity contribution in [1.82, 2.24) is 0 Å². The molecule has 0 spiro atoms. The zero-order chi connectivity index (χ0) is 13.1. The van der Waals surface area contributed by atoms with Crippen LogP contribution < -0.4 is 4.74 Å². The van der Waals surface area contributed by atoms with E-state index in [4.69, 9.17) is 16.3 Å². The summed E-state index contributed by atoms with van der Waals surface area (Å²) in [5.74, 6) is 1.37. The van der Waals surface area contributed by atoms with Crippen molar-refractivity contribution < 1.29 is 9.84 Å². The van der Waals surface area contributed by atoms with Crippen LogP contribution in [0.25, 0.3) is 0 Å². The number of hydrogen-bond acceptors (Lipinski definition) is 2. The first kappa shape index (κ1) is 13.4. The highest BCUT2D eigenvalue weighted by Crippen LogP contribution is 2.31. The van der Waals surface area contributed by atoms with E-state index in [1.807, 2.05) is 25.1 Å². The van der Waals surface area contributed by atoms with Gasteiger partial charge in [-0.3, -0.25) is 0 Å². The van der Waals surface area contributed by atoms with Crippen LogP contribution in [0.4, 0.5) is 0 Å². The second kappa shape index (κ2) is 5.74. The summed E-state index contributed by atoms with van der Waals surface area (Å²) < 4.78 is 6.77. The molecule has 0 bridgehead atoms. The Kier molecular flexibility index (Phi) is 4.27. The van der Waals surface area contributed by atoms with Crippen molar-refractivity contribution in [3.8, 4) is 11.5 Å². The van der Waals surface area contributed by atoms with Crippen LogP contribution in [0.3, 0.4) is 0 Å². The smallest absolute Gasteiger partial charge is 0.133 e. The zero-order valence-corrected chi connectivity index (χ0v) is 12.1. The van der Waals surface area contributed by atoms with Crippen LogP contribution in [-0.4, -0.2) is 5.11 Å². The molecule has 2 aromatic rings. The van der Waals surface area contributed by atoms with E-state index in [0.29, 0.717) is 16.3 Å². The van der Waals surface area contributed by atoms with E-state index in [1.165, 1.54) is 0 Å². The fourth-order valence-electron chi connectivity index (χ4n) is 1.57. The first-order chi connectivity index (χ1) is 8.60. The molecule has 1 N–H and O–H groups in total. The molecule has 0 saturated heterocycles. The maximum Gasteiger partial charge on any atom is 0.133 e. The number of aryl methyl sites for hydroxylation is 1. The lowest BCUT2D eigenvalue weighted by Crippen LogP contribution is -1.93. The number of halogens is 2. The first-order valence-electron chi connectivity index (χ1n) is 5.43. The molecule has 0 saturated carbocycles. The maximum atomic E-state index is 9.30. The predicted octanol–water partition coefficient (Wildman–Crippen LogP) is 4.70. The minimum Gasteiger partial charge on any atom is -0.457 e. The lowest BCUT2D eigenvalue weighted by Gasteiger charge is -2.12. The summed E-state index contributed by atoms with van der Waals surface area (Å²) in [7, 11) is 0. The molecule has 0 radical (unpaired) electrons. The SMILES string of the molecule is Cc1ccc(Br)cc1Oc1ccc(Cl)cc1CO. The van der Waals surface area contributed by atoms with Crippen molar-refractivity contribution in [3.05, 3.63) is 57.0 Å². The Bertz CT molecular complexity index is 570. The van der Waals surface area contributed by atoms with E-state index in [1.54, 1.807) is 18.2 Å². The monoisotopic (exact) mass is 326 g/mol. The highest BCUT2D eigenvalue weighted by Gasteiger charge is 2.07. The van der Waals surface area contributed by atoms with Gasteiger partial charge in [0.05, 0.1) is 6.61 Å². The maximum absolute atomic E-state index is 9.30. The van der Waals surface area contributed by atoms with Crippen LogP contribution >= 0.6 is 27.5 Å². The summed E-state index contributed by atoms with van der Waals surface area (Å²) in [6.45, 7) is 1.86. The Morgan fingerprint density at radius 1 is 1.17 bits per heavy atom. The fraction of sp³-hybridized carbons (Fsp3) is 0.143. The van der Waals surface area contributed by atoms with Crippen LogP contribution in [-0.2, 0) is 6.61 Å². The van der Waals surface area contributed by atoms with Gasteiger partial charge in [-0.15, -0.1) is 0 Å². The summed E-state index contributed by atoms with van der Waals surface area (Å²) in [4.78, 5) is 0. The third kappa shape index (κ3) is 3.05. The largest absolute Gasteiger partial charge is 0.457 e. The van der Waals surface area contributed by atoms with E-state index in [9.17, 15) is 5.11 Å². The van der Waals surface area contributed by atoms with Gasteiger partial charge in [0.1, 0.15) is 11.5 Å². The molecule has 2 rings (SSSR count). The van der Waals surface area contributed by atoms with E-state index in [2.05, 4.69) is 15.9 Å². The zero-order valence-electron chi connectivity index (χ0n) is 9.78. The third-order valence-electron chi connectivity index (χ3n) is 2.56. The van der Waals surface area contributed by atoms with E-state index >= 15 is 0 Å². The van der Waals surface area contributed by atoms with Crippen molar-refractivity contribution in [2.75, 3.05) is 0 Å². The van der Waals surface area contributed by atoms with E-state index < -0.39 is 0 Å². The van der Waals surface area contributed by atoms with Gasteiger partial charge < -0.3 is 9.84 Å². The first-order valence-corrected chi connectivity index (χ1v) is 6.60. The molecule has 94 valence electrons. The molecular formula is C14H12BrClO2. The number of rotatable bonds is 3. The second-order valence-electron chi connectivity index (χ2n) is 3.92. The Labute approximate surface area is 119 Å². The lowest BCUT2D eigenvalue weighted by atomic mass is 10.2. The van der Waals surface area contributed by atoms with E-state index in [0.717, 1.165) is 15.8 Å². The van der Waals surface area contributed by atoms with Gasteiger partial charge in [-0.2, -0.15) is 0 Å². The van der Waals surface area contributed by atoms with Crippen LogP contribution in [0.2, 0.25) is 5.02 Å².